The Labute approximate surface area is 175 Å². The molecule has 6 nitrogen and oxygen atoms in total. The van der Waals surface area contributed by atoms with Crippen molar-refractivity contribution in [1.82, 2.24) is 19.7 Å². The van der Waals surface area contributed by atoms with Crippen LogP contribution in [-0.4, -0.2) is 19.7 Å². The Morgan fingerprint density at radius 2 is 1.82 bits per heavy atom. The maximum atomic E-state index is 6.19. The van der Waals surface area contributed by atoms with E-state index in [2.05, 4.69) is 64.9 Å². The molecule has 0 aliphatic heterocycles. The number of nitrogen functional groups attached to an aromatic ring is 1. The Hall–Kier alpha value is -2.25. The minimum Gasteiger partial charge on any atom is -0.368 e. The molecule has 2 aromatic heterocycles. The SMILES string of the molecule is CC(C)n1c(N)nnc1-c1ncc(Cl)cc1NSc1ccc(C(C)(C)C)cc1. The lowest BCUT2D eigenvalue weighted by Crippen LogP contribution is -2.10. The molecule has 3 rings (SSSR count). The molecule has 0 aliphatic carbocycles. The molecule has 28 heavy (non-hydrogen) atoms. The van der Waals surface area contributed by atoms with Crippen LogP contribution in [0.1, 0.15) is 46.2 Å². The Bertz CT molecular complexity index is 960. The molecule has 8 heteroatoms. The van der Waals surface area contributed by atoms with Gasteiger partial charge in [0.25, 0.3) is 0 Å². The quantitative estimate of drug-likeness (QED) is 0.529. The van der Waals surface area contributed by atoms with Crippen LogP contribution in [0.5, 0.6) is 0 Å². The number of nitrogens with zero attached hydrogens (tertiary/aromatic N) is 4. The maximum absolute atomic E-state index is 6.19. The van der Waals surface area contributed by atoms with Crippen LogP contribution in [0.15, 0.2) is 41.4 Å². The normalized spacial score (nSPS) is 11.8. The maximum Gasteiger partial charge on any atom is 0.222 e. The van der Waals surface area contributed by atoms with Gasteiger partial charge < -0.3 is 10.5 Å². The van der Waals surface area contributed by atoms with Crippen molar-refractivity contribution in [2.24, 2.45) is 0 Å². The van der Waals surface area contributed by atoms with Crippen LogP contribution in [0.4, 0.5) is 11.6 Å². The van der Waals surface area contributed by atoms with Gasteiger partial charge in [-0.3, -0.25) is 4.57 Å². The third kappa shape index (κ3) is 4.42. The molecule has 0 saturated heterocycles. The van der Waals surface area contributed by atoms with Crippen molar-refractivity contribution >= 4 is 35.2 Å². The summed E-state index contributed by atoms with van der Waals surface area (Å²) in [6.45, 7) is 10.7. The molecule has 0 spiro atoms. The standard InChI is InChI=1S/C20H25ClN6S/c1-12(2)27-18(24-25-19(27)22)17-16(10-14(21)11-23-17)26-28-15-8-6-13(7-9-15)20(3,4)5/h6-12,26H,1-5H3,(H2,22,25). The fraction of sp³-hybridized carbons (Fsp3) is 0.350. The van der Waals surface area contributed by atoms with Gasteiger partial charge in [-0.2, -0.15) is 0 Å². The predicted molar refractivity (Wildman–Crippen MR) is 118 cm³/mol. The van der Waals surface area contributed by atoms with E-state index in [0.29, 0.717) is 22.5 Å². The zero-order chi connectivity index (χ0) is 20.5. The van der Waals surface area contributed by atoms with Gasteiger partial charge in [-0.1, -0.05) is 44.5 Å². The van der Waals surface area contributed by atoms with E-state index in [9.17, 15) is 0 Å². The molecule has 0 saturated carbocycles. The minimum atomic E-state index is 0.105. The van der Waals surface area contributed by atoms with Crippen molar-refractivity contribution in [1.29, 1.82) is 0 Å². The molecule has 0 unspecified atom stereocenters. The van der Waals surface area contributed by atoms with Gasteiger partial charge in [0.15, 0.2) is 5.82 Å². The van der Waals surface area contributed by atoms with Crippen molar-refractivity contribution in [2.75, 3.05) is 10.5 Å². The Kier molecular flexibility index (Phi) is 5.86. The molecular formula is C20H25ClN6S. The average Bonchev–Trinajstić information content (AvgIpc) is 3.01. The van der Waals surface area contributed by atoms with Crippen LogP contribution in [0.2, 0.25) is 5.02 Å². The highest BCUT2D eigenvalue weighted by Gasteiger charge is 2.19. The molecule has 3 N–H and O–H groups in total. The number of benzene rings is 1. The first-order valence-electron chi connectivity index (χ1n) is 9.06. The monoisotopic (exact) mass is 416 g/mol. The largest absolute Gasteiger partial charge is 0.368 e. The molecule has 3 aromatic rings. The van der Waals surface area contributed by atoms with Gasteiger partial charge in [0, 0.05) is 17.1 Å². The molecule has 0 fully saturated rings. The van der Waals surface area contributed by atoms with Crippen LogP contribution in [0.3, 0.4) is 0 Å². The number of rotatable bonds is 5. The third-order valence-electron chi connectivity index (χ3n) is 4.30. The summed E-state index contributed by atoms with van der Waals surface area (Å²) in [5.41, 5.74) is 8.81. The molecular weight excluding hydrogens is 392 g/mol. The molecule has 0 aliphatic rings. The number of aromatic nitrogens is 4. The summed E-state index contributed by atoms with van der Waals surface area (Å²) in [4.78, 5) is 5.56. The number of anilines is 2. The first kappa shape index (κ1) is 20.5. The Balaban J connectivity index is 1.88. The van der Waals surface area contributed by atoms with Crippen molar-refractivity contribution in [2.45, 2.75) is 51.0 Å². The van der Waals surface area contributed by atoms with Gasteiger partial charge in [-0.05, 0) is 55.0 Å². The van der Waals surface area contributed by atoms with Gasteiger partial charge in [0.05, 0.1) is 10.7 Å². The fourth-order valence-corrected chi connectivity index (χ4v) is 3.62. The summed E-state index contributed by atoms with van der Waals surface area (Å²) in [5.74, 6) is 0.966. The average molecular weight is 417 g/mol. The van der Waals surface area contributed by atoms with Crippen LogP contribution in [-0.2, 0) is 5.41 Å². The molecule has 0 radical (unpaired) electrons. The van der Waals surface area contributed by atoms with Crippen LogP contribution in [0, 0.1) is 0 Å². The Morgan fingerprint density at radius 3 is 2.43 bits per heavy atom. The number of nitrogens with one attached hydrogen (secondary N) is 1. The lowest BCUT2D eigenvalue weighted by Gasteiger charge is -2.19. The second-order valence-electron chi connectivity index (χ2n) is 7.87. The van der Waals surface area contributed by atoms with E-state index in [1.54, 1.807) is 6.20 Å². The van der Waals surface area contributed by atoms with Crippen molar-refractivity contribution in [3.63, 3.8) is 0 Å². The fourth-order valence-electron chi connectivity index (χ4n) is 2.81. The highest BCUT2D eigenvalue weighted by Crippen LogP contribution is 2.33. The number of halogens is 1. The number of hydrogen-bond donors (Lipinski definition) is 2. The Morgan fingerprint density at radius 1 is 1.14 bits per heavy atom. The van der Waals surface area contributed by atoms with Gasteiger partial charge in [-0.15, -0.1) is 10.2 Å². The molecule has 0 amide bonds. The molecule has 0 atom stereocenters. The summed E-state index contributed by atoms with van der Waals surface area (Å²) in [6, 6.07) is 10.4. The van der Waals surface area contributed by atoms with Gasteiger partial charge in [0.1, 0.15) is 5.69 Å². The van der Waals surface area contributed by atoms with E-state index in [0.717, 1.165) is 10.6 Å². The van der Waals surface area contributed by atoms with Crippen molar-refractivity contribution < 1.29 is 0 Å². The first-order valence-corrected chi connectivity index (χ1v) is 10.3. The van der Waals surface area contributed by atoms with Gasteiger partial charge in [-0.25, -0.2) is 4.98 Å². The summed E-state index contributed by atoms with van der Waals surface area (Å²) in [5, 5.41) is 8.78. The molecule has 2 heterocycles. The lowest BCUT2D eigenvalue weighted by atomic mass is 9.87. The topological polar surface area (TPSA) is 81.7 Å². The zero-order valence-electron chi connectivity index (χ0n) is 16.7. The van der Waals surface area contributed by atoms with E-state index in [4.69, 9.17) is 17.3 Å². The van der Waals surface area contributed by atoms with Crippen molar-refractivity contribution in [3.8, 4) is 11.5 Å². The highest BCUT2D eigenvalue weighted by atomic mass is 35.5. The summed E-state index contributed by atoms with van der Waals surface area (Å²) in [6.07, 6.45) is 1.60. The van der Waals surface area contributed by atoms with E-state index in [1.807, 2.05) is 24.5 Å². The van der Waals surface area contributed by atoms with Crippen LogP contribution >= 0.6 is 23.5 Å². The minimum absolute atomic E-state index is 0.105. The smallest absolute Gasteiger partial charge is 0.222 e. The zero-order valence-corrected chi connectivity index (χ0v) is 18.3. The van der Waals surface area contributed by atoms with Gasteiger partial charge in [0.2, 0.25) is 5.95 Å². The van der Waals surface area contributed by atoms with Gasteiger partial charge >= 0.3 is 0 Å². The summed E-state index contributed by atoms with van der Waals surface area (Å²) >= 11 is 7.68. The van der Waals surface area contributed by atoms with Crippen LogP contribution in [0.25, 0.3) is 11.5 Å². The molecule has 1 aromatic carbocycles. The van der Waals surface area contributed by atoms with E-state index >= 15 is 0 Å². The summed E-state index contributed by atoms with van der Waals surface area (Å²) < 4.78 is 5.20. The third-order valence-corrected chi connectivity index (χ3v) is 5.34. The first-order chi connectivity index (χ1) is 13.2. The number of pyridine rings is 1. The second-order valence-corrected chi connectivity index (χ2v) is 9.19. The highest BCUT2D eigenvalue weighted by molar-refractivity contribution is 8.00. The van der Waals surface area contributed by atoms with E-state index < -0.39 is 0 Å². The van der Waals surface area contributed by atoms with E-state index in [1.165, 1.54) is 17.5 Å². The molecule has 0 bridgehead atoms. The van der Waals surface area contributed by atoms with Crippen molar-refractivity contribution in [3.05, 3.63) is 47.1 Å². The number of hydrogen-bond acceptors (Lipinski definition) is 6. The number of nitrogens with two attached hydrogens (primary N) is 1. The predicted octanol–water partition coefficient (Wildman–Crippen LogP) is 5.57. The second kappa shape index (κ2) is 8.01. The lowest BCUT2D eigenvalue weighted by molar-refractivity contribution is 0.590. The summed E-state index contributed by atoms with van der Waals surface area (Å²) in [7, 11) is 0. The molecule has 148 valence electrons. The van der Waals surface area contributed by atoms with E-state index in [-0.39, 0.29) is 11.5 Å². The van der Waals surface area contributed by atoms with Crippen LogP contribution < -0.4 is 10.5 Å².